The quantitative estimate of drug-likeness (QED) is 0.855. The maximum atomic E-state index is 12.1. The van der Waals surface area contributed by atoms with E-state index < -0.39 is 0 Å². The van der Waals surface area contributed by atoms with Gasteiger partial charge >= 0.3 is 0 Å². The molecule has 0 spiro atoms. The summed E-state index contributed by atoms with van der Waals surface area (Å²) in [5, 5.41) is 2.69. The van der Waals surface area contributed by atoms with Crippen LogP contribution in [0.4, 0.5) is 0 Å². The van der Waals surface area contributed by atoms with E-state index in [4.69, 9.17) is 11.6 Å². The maximum absolute atomic E-state index is 12.1. The summed E-state index contributed by atoms with van der Waals surface area (Å²) < 4.78 is 0. The minimum atomic E-state index is -0.195. The first kappa shape index (κ1) is 13.9. The Hall–Kier alpha value is -1.55. The molecule has 19 heavy (non-hydrogen) atoms. The molecular formula is C14H17ClN2O2. The fraction of sp³-hybridized carbons (Fsp3) is 0.429. The van der Waals surface area contributed by atoms with Gasteiger partial charge < -0.3 is 10.2 Å². The van der Waals surface area contributed by atoms with E-state index in [2.05, 4.69) is 5.32 Å². The summed E-state index contributed by atoms with van der Waals surface area (Å²) in [4.78, 5) is 25.0. The first-order valence-corrected chi connectivity index (χ1v) is 6.95. The summed E-state index contributed by atoms with van der Waals surface area (Å²) in [5.41, 5.74) is 1.66. The topological polar surface area (TPSA) is 49.4 Å². The number of carbonyl (C=O) groups excluding carboxylic acids is 2. The third-order valence-corrected chi connectivity index (χ3v) is 3.45. The number of alkyl halides is 1. The molecule has 0 radical (unpaired) electrons. The molecule has 0 aliphatic carbocycles. The fourth-order valence-corrected chi connectivity index (χ4v) is 2.21. The van der Waals surface area contributed by atoms with Crippen molar-refractivity contribution in [2.24, 2.45) is 0 Å². The molecule has 1 aliphatic rings. The van der Waals surface area contributed by atoms with E-state index in [-0.39, 0.29) is 17.7 Å². The average Bonchev–Trinajstić information content (AvgIpc) is 2.98. The number of benzene rings is 1. The third-order valence-electron chi connectivity index (χ3n) is 3.21. The summed E-state index contributed by atoms with van der Waals surface area (Å²) in [6.45, 7) is 2.14. The molecule has 1 aromatic rings. The van der Waals surface area contributed by atoms with Gasteiger partial charge in [-0.05, 0) is 30.5 Å². The number of carbonyl (C=O) groups is 2. The number of nitrogens with one attached hydrogen (secondary N) is 1. The van der Waals surface area contributed by atoms with E-state index in [1.54, 1.807) is 0 Å². The van der Waals surface area contributed by atoms with Crippen LogP contribution in [0.2, 0.25) is 0 Å². The smallest absolute Gasteiger partial charge is 0.253 e. The minimum Gasteiger partial charge on any atom is -0.351 e. The maximum Gasteiger partial charge on any atom is 0.253 e. The summed E-state index contributed by atoms with van der Waals surface area (Å²) in [6.07, 6.45) is 2.18. The molecule has 2 rings (SSSR count). The fourth-order valence-electron chi connectivity index (χ4n) is 2.12. The number of hydrogen-bond acceptors (Lipinski definition) is 2. The summed E-state index contributed by atoms with van der Waals surface area (Å²) in [5.74, 6) is -0.140. The van der Waals surface area contributed by atoms with Gasteiger partial charge in [0.15, 0.2) is 0 Å². The van der Waals surface area contributed by atoms with E-state index in [1.807, 2.05) is 29.2 Å². The Bertz CT molecular complexity index is 453. The van der Waals surface area contributed by atoms with Gasteiger partial charge in [0, 0.05) is 25.2 Å². The zero-order chi connectivity index (χ0) is 13.7. The summed E-state index contributed by atoms with van der Waals surface area (Å²) >= 11 is 5.40. The van der Waals surface area contributed by atoms with Crippen molar-refractivity contribution in [3.8, 4) is 0 Å². The van der Waals surface area contributed by atoms with Crippen molar-refractivity contribution in [3.63, 3.8) is 0 Å². The molecule has 0 saturated carbocycles. The first-order valence-electron chi connectivity index (χ1n) is 6.41. The Balaban J connectivity index is 1.94. The van der Waals surface area contributed by atoms with Crippen molar-refractivity contribution in [1.82, 2.24) is 10.2 Å². The molecule has 102 valence electrons. The van der Waals surface area contributed by atoms with E-state index in [0.29, 0.717) is 12.1 Å². The van der Waals surface area contributed by atoms with Gasteiger partial charge in [-0.2, -0.15) is 0 Å². The van der Waals surface area contributed by atoms with E-state index in [1.165, 1.54) is 0 Å². The summed E-state index contributed by atoms with van der Waals surface area (Å²) in [6, 6.07) is 7.33. The number of nitrogens with zero attached hydrogens (tertiary/aromatic N) is 1. The van der Waals surface area contributed by atoms with Crippen LogP contribution in [-0.2, 0) is 11.3 Å². The molecule has 4 nitrogen and oxygen atoms in total. The second-order valence-electron chi connectivity index (χ2n) is 4.61. The first-order chi connectivity index (χ1) is 9.20. The Morgan fingerprint density at radius 2 is 1.79 bits per heavy atom. The van der Waals surface area contributed by atoms with Crippen LogP contribution in [0.25, 0.3) is 0 Å². The third kappa shape index (κ3) is 3.70. The standard InChI is InChI=1S/C14H17ClN2O2/c15-9-13(18)16-10-11-3-5-12(6-4-11)14(19)17-7-1-2-8-17/h3-6H,1-2,7-10H2,(H,16,18). The van der Waals surface area contributed by atoms with Crippen LogP contribution in [0.5, 0.6) is 0 Å². The van der Waals surface area contributed by atoms with Crippen LogP contribution < -0.4 is 5.32 Å². The van der Waals surface area contributed by atoms with Crippen molar-refractivity contribution in [3.05, 3.63) is 35.4 Å². The monoisotopic (exact) mass is 280 g/mol. The number of likely N-dealkylation sites (tertiary alicyclic amines) is 1. The molecule has 1 saturated heterocycles. The van der Waals surface area contributed by atoms with Gasteiger partial charge in [0.05, 0.1) is 0 Å². The van der Waals surface area contributed by atoms with Gasteiger partial charge in [0.25, 0.3) is 5.91 Å². The van der Waals surface area contributed by atoms with E-state index in [0.717, 1.165) is 31.5 Å². The van der Waals surface area contributed by atoms with Gasteiger partial charge in [-0.1, -0.05) is 12.1 Å². The lowest BCUT2D eigenvalue weighted by Crippen LogP contribution is -2.27. The molecule has 1 aromatic carbocycles. The number of hydrogen-bond donors (Lipinski definition) is 1. The molecule has 0 bridgehead atoms. The van der Waals surface area contributed by atoms with Gasteiger partial charge in [0.2, 0.25) is 5.91 Å². The van der Waals surface area contributed by atoms with Crippen molar-refractivity contribution >= 4 is 23.4 Å². The number of rotatable bonds is 4. The predicted octanol–water partition coefficient (Wildman–Crippen LogP) is 1.78. The molecule has 0 unspecified atom stereocenters. The Kier molecular flexibility index (Phi) is 4.80. The second kappa shape index (κ2) is 6.57. The average molecular weight is 281 g/mol. The lowest BCUT2D eigenvalue weighted by Gasteiger charge is -2.15. The Morgan fingerprint density at radius 1 is 1.16 bits per heavy atom. The van der Waals surface area contributed by atoms with Crippen molar-refractivity contribution in [1.29, 1.82) is 0 Å². The molecule has 1 aliphatic heterocycles. The van der Waals surface area contributed by atoms with Crippen LogP contribution in [0, 0.1) is 0 Å². The van der Waals surface area contributed by atoms with Gasteiger partial charge in [-0.25, -0.2) is 0 Å². The van der Waals surface area contributed by atoms with Crippen LogP contribution >= 0.6 is 11.6 Å². The molecule has 1 fully saturated rings. The predicted molar refractivity (Wildman–Crippen MR) is 74.1 cm³/mol. The van der Waals surface area contributed by atoms with Crippen LogP contribution in [0.15, 0.2) is 24.3 Å². The Labute approximate surface area is 117 Å². The summed E-state index contributed by atoms with van der Waals surface area (Å²) in [7, 11) is 0. The second-order valence-corrected chi connectivity index (χ2v) is 4.87. The molecule has 1 N–H and O–H groups in total. The zero-order valence-electron chi connectivity index (χ0n) is 10.7. The van der Waals surface area contributed by atoms with Gasteiger partial charge in [-0.3, -0.25) is 9.59 Å². The number of amides is 2. The lowest BCUT2D eigenvalue weighted by atomic mass is 10.1. The van der Waals surface area contributed by atoms with E-state index in [9.17, 15) is 9.59 Å². The van der Waals surface area contributed by atoms with Crippen LogP contribution in [0.1, 0.15) is 28.8 Å². The SMILES string of the molecule is O=C(CCl)NCc1ccc(C(=O)N2CCCC2)cc1. The van der Waals surface area contributed by atoms with Crippen LogP contribution in [-0.4, -0.2) is 35.7 Å². The highest BCUT2D eigenvalue weighted by Crippen LogP contribution is 2.13. The normalized spacial score (nSPS) is 14.5. The van der Waals surface area contributed by atoms with E-state index >= 15 is 0 Å². The van der Waals surface area contributed by atoms with Gasteiger partial charge in [0.1, 0.15) is 5.88 Å². The van der Waals surface area contributed by atoms with Crippen molar-refractivity contribution < 1.29 is 9.59 Å². The highest BCUT2D eigenvalue weighted by atomic mass is 35.5. The van der Waals surface area contributed by atoms with Crippen molar-refractivity contribution in [2.45, 2.75) is 19.4 Å². The zero-order valence-corrected chi connectivity index (χ0v) is 11.4. The lowest BCUT2D eigenvalue weighted by molar-refractivity contribution is -0.118. The highest BCUT2D eigenvalue weighted by Gasteiger charge is 2.18. The Morgan fingerprint density at radius 3 is 2.37 bits per heavy atom. The molecule has 1 heterocycles. The molecule has 2 amide bonds. The minimum absolute atomic E-state index is 0.0362. The molecular weight excluding hydrogens is 264 g/mol. The highest BCUT2D eigenvalue weighted by molar-refractivity contribution is 6.27. The van der Waals surface area contributed by atoms with Crippen LogP contribution in [0.3, 0.4) is 0 Å². The van der Waals surface area contributed by atoms with Crippen molar-refractivity contribution in [2.75, 3.05) is 19.0 Å². The molecule has 0 atom stereocenters. The number of halogens is 1. The largest absolute Gasteiger partial charge is 0.351 e. The van der Waals surface area contributed by atoms with Gasteiger partial charge in [-0.15, -0.1) is 11.6 Å². The molecule has 5 heteroatoms. The molecule has 0 aromatic heterocycles.